The molecule has 18 heavy (non-hydrogen) atoms. The molecule has 0 atom stereocenters. The van der Waals surface area contributed by atoms with Crippen molar-refractivity contribution < 1.29 is 9.45 Å². The summed E-state index contributed by atoms with van der Waals surface area (Å²) < 4.78 is 4.96. The lowest BCUT2D eigenvalue weighted by Crippen LogP contribution is -2.16. The molecule has 96 valence electrons. The first-order valence-electron chi connectivity index (χ1n) is 5.37. The molecule has 0 spiro atoms. The number of aryl methyl sites for hydroxylation is 1. The van der Waals surface area contributed by atoms with Crippen LogP contribution in [-0.4, -0.2) is 21.6 Å². The SMILES string of the molecule is Cc1noc(CCNCc2csc([N+](=O)[O-])c2)n1. The number of thiophene rings is 1. The molecule has 0 fully saturated rings. The fourth-order valence-corrected chi connectivity index (χ4v) is 2.15. The standard InChI is InChI=1S/C10H12N4O3S/c1-7-12-9(17-13-7)2-3-11-5-8-4-10(14(15)16)18-6-8/h4,6,11H,2-3,5H2,1H3. The van der Waals surface area contributed by atoms with E-state index in [9.17, 15) is 10.1 Å². The summed E-state index contributed by atoms with van der Waals surface area (Å²) in [6, 6.07) is 1.58. The van der Waals surface area contributed by atoms with Crippen molar-refractivity contribution in [3.05, 3.63) is 38.8 Å². The fourth-order valence-electron chi connectivity index (χ4n) is 1.42. The van der Waals surface area contributed by atoms with Crippen LogP contribution in [0.5, 0.6) is 0 Å². The molecule has 1 N–H and O–H groups in total. The van der Waals surface area contributed by atoms with Gasteiger partial charge in [-0.25, -0.2) is 0 Å². The molecule has 0 aliphatic carbocycles. The van der Waals surface area contributed by atoms with E-state index < -0.39 is 0 Å². The lowest BCUT2D eigenvalue weighted by atomic mass is 10.3. The predicted molar refractivity (Wildman–Crippen MR) is 65.4 cm³/mol. The van der Waals surface area contributed by atoms with Crippen LogP contribution in [-0.2, 0) is 13.0 Å². The molecule has 2 aromatic heterocycles. The van der Waals surface area contributed by atoms with Gasteiger partial charge in [-0.3, -0.25) is 10.1 Å². The van der Waals surface area contributed by atoms with Gasteiger partial charge < -0.3 is 9.84 Å². The topological polar surface area (TPSA) is 94.1 Å². The summed E-state index contributed by atoms with van der Waals surface area (Å²) in [5, 5.41) is 19.3. The number of hydrogen-bond acceptors (Lipinski definition) is 7. The van der Waals surface area contributed by atoms with Crippen LogP contribution >= 0.6 is 11.3 Å². The van der Waals surface area contributed by atoms with E-state index in [4.69, 9.17) is 4.52 Å². The van der Waals surface area contributed by atoms with Crippen molar-refractivity contribution in [2.45, 2.75) is 19.9 Å². The minimum atomic E-state index is -0.380. The van der Waals surface area contributed by atoms with E-state index in [1.54, 1.807) is 18.4 Å². The quantitative estimate of drug-likeness (QED) is 0.486. The molecule has 2 rings (SSSR count). The summed E-state index contributed by atoms with van der Waals surface area (Å²) in [7, 11) is 0. The molecule has 0 amide bonds. The van der Waals surface area contributed by atoms with Crippen LogP contribution in [0.3, 0.4) is 0 Å². The predicted octanol–water partition coefficient (Wildman–Crippen LogP) is 1.68. The first kappa shape index (κ1) is 12.7. The smallest absolute Gasteiger partial charge is 0.324 e. The summed E-state index contributed by atoms with van der Waals surface area (Å²) >= 11 is 1.14. The first-order valence-corrected chi connectivity index (χ1v) is 6.25. The monoisotopic (exact) mass is 268 g/mol. The van der Waals surface area contributed by atoms with E-state index in [-0.39, 0.29) is 9.92 Å². The second kappa shape index (κ2) is 5.69. The normalized spacial score (nSPS) is 10.7. The van der Waals surface area contributed by atoms with Gasteiger partial charge in [0.15, 0.2) is 5.82 Å². The van der Waals surface area contributed by atoms with Crippen LogP contribution in [0.2, 0.25) is 0 Å². The minimum Gasteiger partial charge on any atom is -0.339 e. The Morgan fingerprint density at radius 1 is 1.61 bits per heavy atom. The van der Waals surface area contributed by atoms with Gasteiger partial charge >= 0.3 is 5.00 Å². The Bertz CT molecular complexity index is 537. The van der Waals surface area contributed by atoms with E-state index >= 15 is 0 Å². The molecule has 2 aromatic rings. The van der Waals surface area contributed by atoms with E-state index in [0.29, 0.717) is 31.2 Å². The van der Waals surface area contributed by atoms with Gasteiger partial charge in [-0.05, 0) is 12.5 Å². The van der Waals surface area contributed by atoms with Crippen LogP contribution in [0.4, 0.5) is 5.00 Å². The molecule has 0 radical (unpaired) electrons. The zero-order valence-electron chi connectivity index (χ0n) is 9.75. The summed E-state index contributed by atoms with van der Waals surface area (Å²) in [6.45, 7) is 3.05. The lowest BCUT2D eigenvalue weighted by Gasteiger charge is -1.99. The third-order valence-electron chi connectivity index (χ3n) is 2.23. The van der Waals surface area contributed by atoms with Gasteiger partial charge in [-0.15, -0.1) is 0 Å². The maximum atomic E-state index is 10.5. The van der Waals surface area contributed by atoms with Crippen molar-refractivity contribution in [2.24, 2.45) is 0 Å². The largest absolute Gasteiger partial charge is 0.339 e. The number of aromatic nitrogens is 2. The molecular formula is C10H12N4O3S. The molecule has 0 bridgehead atoms. The van der Waals surface area contributed by atoms with Gasteiger partial charge in [-0.1, -0.05) is 16.5 Å². The number of rotatable bonds is 6. The number of hydrogen-bond donors (Lipinski definition) is 1. The third-order valence-corrected chi connectivity index (χ3v) is 3.16. The third kappa shape index (κ3) is 3.34. The minimum absolute atomic E-state index is 0.166. The number of nitro groups is 1. The maximum Gasteiger partial charge on any atom is 0.324 e. The van der Waals surface area contributed by atoms with Crippen molar-refractivity contribution >= 4 is 16.3 Å². The van der Waals surface area contributed by atoms with Crippen molar-refractivity contribution in [1.29, 1.82) is 0 Å². The van der Waals surface area contributed by atoms with Crippen molar-refractivity contribution in [2.75, 3.05) is 6.54 Å². The highest BCUT2D eigenvalue weighted by atomic mass is 32.1. The summed E-state index contributed by atoms with van der Waals surface area (Å²) in [5.41, 5.74) is 0.911. The Morgan fingerprint density at radius 3 is 3.06 bits per heavy atom. The van der Waals surface area contributed by atoms with E-state index in [2.05, 4.69) is 15.5 Å². The van der Waals surface area contributed by atoms with Gasteiger partial charge in [0.2, 0.25) is 5.89 Å². The van der Waals surface area contributed by atoms with Gasteiger partial charge in [-0.2, -0.15) is 4.98 Å². The highest BCUT2D eigenvalue weighted by Crippen LogP contribution is 2.22. The Kier molecular flexibility index (Phi) is 4.00. The highest BCUT2D eigenvalue weighted by Gasteiger charge is 2.09. The molecule has 7 nitrogen and oxygen atoms in total. The van der Waals surface area contributed by atoms with Crippen LogP contribution in [0.1, 0.15) is 17.3 Å². The van der Waals surface area contributed by atoms with E-state index in [1.807, 2.05) is 0 Å². The van der Waals surface area contributed by atoms with Gasteiger partial charge in [0.05, 0.1) is 4.92 Å². The van der Waals surface area contributed by atoms with Crippen LogP contribution in [0.25, 0.3) is 0 Å². The molecule has 0 unspecified atom stereocenters. The van der Waals surface area contributed by atoms with Crippen LogP contribution in [0.15, 0.2) is 16.0 Å². The molecule has 8 heteroatoms. The second-order valence-electron chi connectivity index (χ2n) is 3.71. The van der Waals surface area contributed by atoms with Crippen molar-refractivity contribution in [3.63, 3.8) is 0 Å². The first-order chi connectivity index (χ1) is 8.65. The summed E-state index contributed by atoms with van der Waals surface area (Å²) in [4.78, 5) is 14.2. The Labute approximate surface area is 107 Å². The molecular weight excluding hydrogens is 256 g/mol. The molecule has 0 saturated heterocycles. The molecule has 2 heterocycles. The van der Waals surface area contributed by atoms with Crippen LogP contribution in [0, 0.1) is 17.0 Å². The van der Waals surface area contributed by atoms with Gasteiger partial charge in [0.1, 0.15) is 0 Å². The van der Waals surface area contributed by atoms with Crippen LogP contribution < -0.4 is 5.32 Å². The Balaban J connectivity index is 1.73. The van der Waals surface area contributed by atoms with Crippen molar-refractivity contribution in [3.8, 4) is 0 Å². The van der Waals surface area contributed by atoms with Crippen molar-refractivity contribution in [1.82, 2.24) is 15.5 Å². The van der Waals surface area contributed by atoms with E-state index in [0.717, 1.165) is 16.9 Å². The summed E-state index contributed by atoms with van der Waals surface area (Å²) in [5.74, 6) is 1.22. The molecule has 0 saturated carbocycles. The average Bonchev–Trinajstić information content (AvgIpc) is 2.93. The Hall–Kier alpha value is -1.80. The highest BCUT2D eigenvalue weighted by molar-refractivity contribution is 7.13. The molecule has 0 aliphatic rings. The Morgan fingerprint density at radius 2 is 2.44 bits per heavy atom. The maximum absolute atomic E-state index is 10.5. The zero-order valence-corrected chi connectivity index (χ0v) is 10.6. The number of nitrogens with zero attached hydrogens (tertiary/aromatic N) is 3. The summed E-state index contributed by atoms with van der Waals surface area (Å²) in [6.07, 6.45) is 0.646. The number of nitrogens with one attached hydrogen (secondary N) is 1. The zero-order chi connectivity index (χ0) is 13.0. The van der Waals surface area contributed by atoms with E-state index in [1.165, 1.54) is 0 Å². The fraction of sp³-hybridized carbons (Fsp3) is 0.400. The second-order valence-corrected chi connectivity index (χ2v) is 4.60. The average molecular weight is 268 g/mol. The van der Waals surface area contributed by atoms with Gasteiger partial charge in [0.25, 0.3) is 0 Å². The van der Waals surface area contributed by atoms with Gasteiger partial charge in [0, 0.05) is 31.0 Å². The molecule has 0 aromatic carbocycles. The molecule has 0 aliphatic heterocycles. The lowest BCUT2D eigenvalue weighted by molar-refractivity contribution is -0.380.